The van der Waals surface area contributed by atoms with Gasteiger partial charge >= 0.3 is 0 Å². The molecule has 2 aliphatic rings. The van der Waals surface area contributed by atoms with E-state index >= 15 is 0 Å². The van der Waals surface area contributed by atoms with Gasteiger partial charge in [0.15, 0.2) is 0 Å². The van der Waals surface area contributed by atoms with Crippen LogP contribution in [0.15, 0.2) is 146 Å². The Kier molecular flexibility index (Phi) is 4.88. The van der Waals surface area contributed by atoms with Crippen LogP contribution < -0.4 is 0 Å². The highest BCUT2D eigenvalue weighted by Gasteiger charge is 2.36. The molecule has 0 nitrogen and oxygen atoms in total. The summed E-state index contributed by atoms with van der Waals surface area (Å²) in [6, 6.07) is 54.6. The molecule has 8 aromatic rings. The smallest absolute Gasteiger partial charge is 0.0159 e. The van der Waals surface area contributed by atoms with E-state index < -0.39 is 0 Å². The minimum Gasteiger partial charge on any atom is -0.0619 e. The predicted molar refractivity (Wildman–Crippen MR) is 192 cm³/mol. The standard InChI is InChI=1S/C45H30/c1-45(2)38-20-8-7-15-32(38)33-24-23-31(26-39(33)45)42-35-17-6-5-16-34(35)41(30-22-21-27-11-3-4-12-29(27)25-30)43-36-18-9-13-28-14-10-19-37(40(28)36)44(42)43/h3-26H,1-2H3. The van der Waals surface area contributed by atoms with Crippen molar-refractivity contribution in [1.82, 2.24) is 0 Å². The number of hydrogen-bond acceptors (Lipinski definition) is 0. The maximum atomic E-state index is 2.50. The summed E-state index contributed by atoms with van der Waals surface area (Å²) in [6.07, 6.45) is 0. The monoisotopic (exact) mass is 570 g/mol. The van der Waals surface area contributed by atoms with Crippen molar-refractivity contribution < 1.29 is 0 Å². The van der Waals surface area contributed by atoms with Crippen molar-refractivity contribution in [2.75, 3.05) is 0 Å². The van der Waals surface area contributed by atoms with Crippen LogP contribution in [0.5, 0.6) is 0 Å². The lowest BCUT2D eigenvalue weighted by Gasteiger charge is -2.24. The molecule has 0 heterocycles. The van der Waals surface area contributed by atoms with E-state index in [1.54, 1.807) is 0 Å². The summed E-state index contributed by atoms with van der Waals surface area (Å²) < 4.78 is 0. The summed E-state index contributed by atoms with van der Waals surface area (Å²) >= 11 is 0. The summed E-state index contributed by atoms with van der Waals surface area (Å²) in [5.74, 6) is 0. The molecular weight excluding hydrogens is 540 g/mol. The predicted octanol–water partition coefficient (Wildman–Crippen LogP) is 12.4. The van der Waals surface area contributed by atoms with Crippen molar-refractivity contribution in [3.05, 3.63) is 157 Å². The largest absolute Gasteiger partial charge is 0.0619 e. The van der Waals surface area contributed by atoms with Crippen LogP contribution in [0.2, 0.25) is 0 Å². The van der Waals surface area contributed by atoms with Crippen LogP contribution in [-0.4, -0.2) is 0 Å². The van der Waals surface area contributed by atoms with Gasteiger partial charge < -0.3 is 0 Å². The Labute approximate surface area is 263 Å². The van der Waals surface area contributed by atoms with Gasteiger partial charge in [0.1, 0.15) is 0 Å². The molecule has 0 N–H and O–H groups in total. The van der Waals surface area contributed by atoms with E-state index in [2.05, 4.69) is 159 Å². The first-order valence-electron chi connectivity index (χ1n) is 15.9. The summed E-state index contributed by atoms with van der Waals surface area (Å²) in [5.41, 5.74) is 16.1. The van der Waals surface area contributed by atoms with Crippen LogP contribution >= 0.6 is 0 Å². The van der Waals surface area contributed by atoms with E-state index in [1.807, 2.05) is 0 Å². The molecule has 0 unspecified atom stereocenters. The molecule has 2 aliphatic carbocycles. The fraction of sp³-hybridized carbons (Fsp3) is 0.0667. The third-order valence-electron chi connectivity index (χ3n) is 10.6. The molecule has 0 aliphatic heterocycles. The van der Waals surface area contributed by atoms with E-state index in [4.69, 9.17) is 0 Å². The van der Waals surface area contributed by atoms with Crippen molar-refractivity contribution in [3.8, 4) is 55.6 Å². The first-order valence-corrected chi connectivity index (χ1v) is 15.9. The average Bonchev–Trinajstić information content (AvgIpc) is 3.53. The highest BCUT2D eigenvalue weighted by atomic mass is 14.4. The molecular formula is C45H30. The van der Waals surface area contributed by atoms with Gasteiger partial charge in [-0.25, -0.2) is 0 Å². The normalized spacial score (nSPS) is 13.7. The lowest BCUT2D eigenvalue weighted by molar-refractivity contribution is 0.660. The Morgan fingerprint density at radius 2 is 0.889 bits per heavy atom. The van der Waals surface area contributed by atoms with Gasteiger partial charge in [0.05, 0.1) is 0 Å². The van der Waals surface area contributed by atoms with Crippen LogP contribution in [0.4, 0.5) is 0 Å². The molecule has 0 heteroatoms. The van der Waals surface area contributed by atoms with Gasteiger partial charge in [0, 0.05) is 5.41 Å². The molecule has 0 aromatic heterocycles. The minimum atomic E-state index is -0.0606. The Bertz CT molecular complexity index is 2560. The van der Waals surface area contributed by atoms with Gasteiger partial charge in [-0.15, -0.1) is 0 Å². The maximum absolute atomic E-state index is 2.50. The molecule has 0 amide bonds. The summed E-state index contributed by atoms with van der Waals surface area (Å²) in [6.45, 7) is 4.76. The zero-order valence-corrected chi connectivity index (χ0v) is 25.4. The van der Waals surface area contributed by atoms with Gasteiger partial charge in [-0.05, 0) is 111 Å². The average molecular weight is 571 g/mol. The Morgan fingerprint density at radius 1 is 0.356 bits per heavy atom. The van der Waals surface area contributed by atoms with Crippen LogP contribution in [-0.2, 0) is 5.41 Å². The first-order chi connectivity index (χ1) is 22.1. The zero-order valence-electron chi connectivity index (χ0n) is 25.4. The van der Waals surface area contributed by atoms with Gasteiger partial charge in [-0.3, -0.25) is 0 Å². The maximum Gasteiger partial charge on any atom is 0.0159 e. The quantitative estimate of drug-likeness (QED) is 0.194. The number of rotatable bonds is 2. The summed E-state index contributed by atoms with van der Waals surface area (Å²) in [7, 11) is 0. The van der Waals surface area contributed by atoms with Crippen molar-refractivity contribution in [1.29, 1.82) is 0 Å². The fourth-order valence-corrected chi connectivity index (χ4v) is 8.54. The molecule has 10 rings (SSSR count). The zero-order chi connectivity index (χ0) is 29.9. The third kappa shape index (κ3) is 3.27. The van der Waals surface area contributed by atoms with Crippen molar-refractivity contribution in [2.45, 2.75) is 19.3 Å². The molecule has 0 radical (unpaired) electrons. The number of hydrogen-bond donors (Lipinski definition) is 0. The second kappa shape index (κ2) is 8.80. The molecule has 0 fully saturated rings. The topological polar surface area (TPSA) is 0 Å². The van der Waals surface area contributed by atoms with Crippen LogP contribution in [0.1, 0.15) is 25.0 Å². The van der Waals surface area contributed by atoms with E-state index in [0.29, 0.717) is 0 Å². The van der Waals surface area contributed by atoms with E-state index in [-0.39, 0.29) is 5.41 Å². The summed E-state index contributed by atoms with van der Waals surface area (Å²) in [5, 5.41) is 7.80. The van der Waals surface area contributed by atoms with Crippen molar-refractivity contribution in [3.63, 3.8) is 0 Å². The molecule has 210 valence electrons. The number of benzene rings is 8. The van der Waals surface area contributed by atoms with Crippen LogP contribution in [0, 0.1) is 0 Å². The Balaban J connectivity index is 1.36. The van der Waals surface area contributed by atoms with Crippen LogP contribution in [0.25, 0.3) is 88.0 Å². The van der Waals surface area contributed by atoms with Gasteiger partial charge in [-0.1, -0.05) is 147 Å². The second-order valence-electron chi connectivity index (χ2n) is 13.2. The molecule has 45 heavy (non-hydrogen) atoms. The van der Waals surface area contributed by atoms with E-state index in [1.165, 1.54) is 99.1 Å². The lowest BCUT2D eigenvalue weighted by atomic mass is 9.79. The number of fused-ring (bicyclic) bond motifs is 8. The van der Waals surface area contributed by atoms with Gasteiger partial charge in [0.25, 0.3) is 0 Å². The van der Waals surface area contributed by atoms with Crippen LogP contribution in [0.3, 0.4) is 0 Å². The molecule has 0 saturated heterocycles. The van der Waals surface area contributed by atoms with E-state index in [9.17, 15) is 0 Å². The SMILES string of the molecule is CC1(C)c2ccccc2-c2ccc(-c3c4c(c(-c5ccc6ccccc6c5)c5ccccc35)-c3cccc5cccc-4c35)cc21. The highest BCUT2D eigenvalue weighted by Crippen LogP contribution is 2.58. The molecule has 0 bridgehead atoms. The Hall–Kier alpha value is -5.46. The van der Waals surface area contributed by atoms with Gasteiger partial charge in [0.2, 0.25) is 0 Å². The fourth-order valence-electron chi connectivity index (χ4n) is 8.54. The van der Waals surface area contributed by atoms with Gasteiger partial charge in [-0.2, -0.15) is 0 Å². The third-order valence-corrected chi connectivity index (χ3v) is 10.6. The van der Waals surface area contributed by atoms with E-state index in [0.717, 1.165) is 0 Å². The minimum absolute atomic E-state index is 0.0606. The van der Waals surface area contributed by atoms with Crippen molar-refractivity contribution >= 4 is 32.3 Å². The molecule has 0 spiro atoms. The van der Waals surface area contributed by atoms with Crippen molar-refractivity contribution in [2.24, 2.45) is 0 Å². The Morgan fingerprint density at radius 3 is 1.62 bits per heavy atom. The first kappa shape index (κ1) is 24.9. The molecule has 0 saturated carbocycles. The second-order valence-corrected chi connectivity index (χ2v) is 13.2. The molecule has 8 aromatic carbocycles. The summed E-state index contributed by atoms with van der Waals surface area (Å²) in [4.78, 5) is 0. The molecule has 0 atom stereocenters. The lowest BCUT2D eigenvalue weighted by Crippen LogP contribution is -2.14. The highest BCUT2D eigenvalue weighted by molar-refractivity contribution is 6.27.